The van der Waals surface area contributed by atoms with Crippen LogP contribution < -0.4 is 0 Å². The molecule has 1 aromatic rings. The summed E-state index contributed by atoms with van der Waals surface area (Å²) in [7, 11) is 0. The lowest BCUT2D eigenvalue weighted by atomic mass is 10.3. The van der Waals surface area contributed by atoms with E-state index >= 15 is 0 Å². The smallest absolute Gasteiger partial charge is 0.330 e. The first-order valence-electron chi connectivity index (χ1n) is 4.32. The average Bonchev–Trinajstić information content (AvgIpc) is 2.64. The second-order valence-electron chi connectivity index (χ2n) is 2.95. The number of rotatable bonds is 3. The second kappa shape index (κ2) is 4.65. The van der Waals surface area contributed by atoms with Gasteiger partial charge in [-0.05, 0) is 18.4 Å². The molecule has 0 aliphatic rings. The normalized spacial score (nSPS) is 11.5. The van der Waals surface area contributed by atoms with Crippen LogP contribution in [0.25, 0.3) is 0 Å². The van der Waals surface area contributed by atoms with E-state index in [-0.39, 0.29) is 6.54 Å². The molecule has 15 heavy (non-hydrogen) atoms. The Labute approximate surface area is 89.3 Å². The Hall–Kier alpha value is -1.04. The Morgan fingerprint density at radius 2 is 2.20 bits per heavy atom. The third-order valence-corrected chi connectivity index (χ3v) is 2.49. The topological polar surface area (TPSA) is 20.3 Å². The first-order valence-corrected chi connectivity index (χ1v) is 5.26. The Kier molecular flexibility index (Phi) is 3.73. The van der Waals surface area contributed by atoms with E-state index in [9.17, 15) is 18.0 Å². The maximum atomic E-state index is 12.1. The van der Waals surface area contributed by atoms with E-state index in [1.807, 2.05) is 0 Å². The molecule has 0 saturated carbocycles. The van der Waals surface area contributed by atoms with Gasteiger partial charge in [-0.25, -0.2) is 0 Å². The predicted molar refractivity (Wildman–Crippen MR) is 52.0 cm³/mol. The highest BCUT2D eigenvalue weighted by molar-refractivity contribution is 7.08. The van der Waals surface area contributed by atoms with Crippen LogP contribution in [0.4, 0.5) is 13.2 Å². The molecule has 2 nitrogen and oxygen atoms in total. The van der Waals surface area contributed by atoms with Crippen molar-refractivity contribution in [3.05, 3.63) is 22.4 Å². The van der Waals surface area contributed by atoms with E-state index < -0.39 is 18.6 Å². The lowest BCUT2D eigenvalue weighted by Gasteiger charge is -2.21. The lowest BCUT2D eigenvalue weighted by Crippen LogP contribution is -2.38. The van der Waals surface area contributed by atoms with Gasteiger partial charge in [0.2, 0.25) is 0 Å². The van der Waals surface area contributed by atoms with Crippen LogP contribution in [0.5, 0.6) is 0 Å². The molecule has 0 bridgehead atoms. The standard InChI is InChI=1S/C9H10F3NOS/c1-2-13(6-9(10,11)12)8(14)7-3-4-15-5-7/h3-5H,2,6H2,1H3. The summed E-state index contributed by atoms with van der Waals surface area (Å²) in [5.41, 5.74) is 0.311. The number of carbonyl (C=O) groups is 1. The number of halogens is 3. The van der Waals surface area contributed by atoms with E-state index in [4.69, 9.17) is 0 Å². The summed E-state index contributed by atoms with van der Waals surface area (Å²) in [4.78, 5) is 12.3. The number of alkyl halides is 3. The van der Waals surface area contributed by atoms with Gasteiger partial charge in [0.05, 0.1) is 5.56 Å². The summed E-state index contributed by atoms with van der Waals surface area (Å²) in [6.07, 6.45) is -4.35. The predicted octanol–water partition coefficient (Wildman–Crippen LogP) is 2.77. The number of nitrogens with zero attached hydrogens (tertiary/aromatic N) is 1. The van der Waals surface area contributed by atoms with Gasteiger partial charge in [-0.3, -0.25) is 4.79 Å². The molecule has 0 unspecified atom stereocenters. The molecule has 84 valence electrons. The molecule has 1 rings (SSSR count). The molecule has 0 radical (unpaired) electrons. The number of thiophene rings is 1. The molecule has 1 heterocycles. The van der Waals surface area contributed by atoms with Gasteiger partial charge >= 0.3 is 6.18 Å². The highest BCUT2D eigenvalue weighted by atomic mass is 32.1. The fourth-order valence-corrected chi connectivity index (χ4v) is 1.74. The van der Waals surface area contributed by atoms with Gasteiger partial charge in [0.1, 0.15) is 6.54 Å². The van der Waals surface area contributed by atoms with Crippen molar-refractivity contribution in [2.45, 2.75) is 13.1 Å². The third-order valence-electron chi connectivity index (χ3n) is 1.81. The molecule has 0 saturated heterocycles. The molecule has 0 spiro atoms. The van der Waals surface area contributed by atoms with Crippen LogP contribution in [0.3, 0.4) is 0 Å². The maximum Gasteiger partial charge on any atom is 0.406 e. The molecule has 6 heteroatoms. The van der Waals surface area contributed by atoms with E-state index in [0.29, 0.717) is 5.56 Å². The van der Waals surface area contributed by atoms with E-state index in [0.717, 1.165) is 4.90 Å². The number of hydrogen-bond acceptors (Lipinski definition) is 2. The van der Waals surface area contributed by atoms with Crippen LogP contribution >= 0.6 is 11.3 Å². The molecular weight excluding hydrogens is 227 g/mol. The van der Waals surface area contributed by atoms with Crippen molar-refractivity contribution in [1.29, 1.82) is 0 Å². The monoisotopic (exact) mass is 237 g/mol. The third kappa shape index (κ3) is 3.54. The fourth-order valence-electron chi connectivity index (χ4n) is 1.11. The van der Waals surface area contributed by atoms with Gasteiger partial charge in [-0.15, -0.1) is 0 Å². The summed E-state index contributed by atoms with van der Waals surface area (Å²) in [5.74, 6) is -0.573. The fraction of sp³-hybridized carbons (Fsp3) is 0.444. The van der Waals surface area contributed by atoms with Gasteiger partial charge in [0, 0.05) is 11.9 Å². The molecule has 0 atom stereocenters. The van der Waals surface area contributed by atoms with Gasteiger partial charge in [-0.1, -0.05) is 0 Å². The number of amides is 1. The van der Waals surface area contributed by atoms with Crippen LogP contribution in [-0.2, 0) is 0 Å². The zero-order chi connectivity index (χ0) is 11.5. The Morgan fingerprint density at radius 3 is 2.60 bits per heavy atom. The highest BCUT2D eigenvalue weighted by Crippen LogP contribution is 2.18. The van der Waals surface area contributed by atoms with Crippen LogP contribution in [0, 0.1) is 0 Å². The molecule has 0 aromatic carbocycles. The van der Waals surface area contributed by atoms with Crippen LogP contribution in [0.15, 0.2) is 16.8 Å². The van der Waals surface area contributed by atoms with Crippen molar-refractivity contribution in [2.75, 3.05) is 13.1 Å². The molecular formula is C9H10F3NOS. The summed E-state index contributed by atoms with van der Waals surface area (Å²) in [5, 5.41) is 3.20. The highest BCUT2D eigenvalue weighted by Gasteiger charge is 2.32. The van der Waals surface area contributed by atoms with Gasteiger partial charge < -0.3 is 4.90 Å². The molecule has 1 aromatic heterocycles. The lowest BCUT2D eigenvalue weighted by molar-refractivity contribution is -0.140. The molecule has 1 amide bonds. The van der Waals surface area contributed by atoms with Gasteiger partial charge in [0.15, 0.2) is 0 Å². The minimum absolute atomic E-state index is 0.0498. The Bertz CT molecular complexity index is 321. The van der Waals surface area contributed by atoms with E-state index in [2.05, 4.69) is 0 Å². The zero-order valence-corrected chi connectivity index (χ0v) is 8.86. The maximum absolute atomic E-state index is 12.1. The second-order valence-corrected chi connectivity index (χ2v) is 3.73. The van der Waals surface area contributed by atoms with Crippen molar-refractivity contribution in [3.63, 3.8) is 0 Å². The van der Waals surface area contributed by atoms with Crippen LogP contribution in [0.2, 0.25) is 0 Å². The molecule has 0 N–H and O–H groups in total. The quantitative estimate of drug-likeness (QED) is 0.791. The average molecular weight is 237 g/mol. The number of carbonyl (C=O) groups excluding carboxylic acids is 1. The van der Waals surface area contributed by atoms with Crippen LogP contribution in [0.1, 0.15) is 17.3 Å². The van der Waals surface area contributed by atoms with Crippen LogP contribution in [-0.4, -0.2) is 30.1 Å². The van der Waals surface area contributed by atoms with Gasteiger partial charge in [0.25, 0.3) is 5.91 Å². The minimum atomic E-state index is -4.35. The molecule has 0 fully saturated rings. The van der Waals surface area contributed by atoms with E-state index in [1.54, 1.807) is 10.8 Å². The van der Waals surface area contributed by atoms with Crippen molar-refractivity contribution < 1.29 is 18.0 Å². The largest absolute Gasteiger partial charge is 0.406 e. The van der Waals surface area contributed by atoms with E-state index in [1.165, 1.54) is 24.3 Å². The SMILES string of the molecule is CCN(CC(F)(F)F)C(=O)c1ccsc1. The van der Waals surface area contributed by atoms with Crippen molar-refractivity contribution in [1.82, 2.24) is 4.90 Å². The summed E-state index contributed by atoms with van der Waals surface area (Å²) in [6, 6.07) is 1.52. The molecule has 0 aliphatic heterocycles. The Balaban J connectivity index is 2.72. The first kappa shape index (κ1) is 12.0. The first-order chi connectivity index (χ1) is 6.94. The van der Waals surface area contributed by atoms with Crippen molar-refractivity contribution in [3.8, 4) is 0 Å². The summed E-state index contributed by atoms with van der Waals surface area (Å²) >= 11 is 1.29. The number of hydrogen-bond donors (Lipinski definition) is 0. The minimum Gasteiger partial charge on any atom is -0.330 e. The molecule has 0 aliphatic carbocycles. The zero-order valence-electron chi connectivity index (χ0n) is 8.04. The van der Waals surface area contributed by atoms with Crippen molar-refractivity contribution >= 4 is 17.2 Å². The summed E-state index contributed by atoms with van der Waals surface area (Å²) < 4.78 is 36.3. The summed E-state index contributed by atoms with van der Waals surface area (Å²) in [6.45, 7) is 0.377. The Morgan fingerprint density at radius 1 is 1.53 bits per heavy atom. The van der Waals surface area contributed by atoms with Gasteiger partial charge in [-0.2, -0.15) is 24.5 Å². The van der Waals surface area contributed by atoms with Crippen molar-refractivity contribution in [2.24, 2.45) is 0 Å².